The summed E-state index contributed by atoms with van der Waals surface area (Å²) in [5, 5.41) is 12.1. The van der Waals surface area contributed by atoms with Crippen molar-refractivity contribution in [2.75, 3.05) is 40.0 Å². The van der Waals surface area contributed by atoms with Crippen LogP contribution in [0.5, 0.6) is 11.5 Å². The van der Waals surface area contributed by atoms with Crippen molar-refractivity contribution in [3.05, 3.63) is 29.5 Å². The fraction of sp³-hybridized carbons (Fsp3) is 0.353. The molecule has 9 nitrogen and oxygen atoms in total. The van der Waals surface area contributed by atoms with Crippen molar-refractivity contribution < 1.29 is 29.0 Å². The van der Waals surface area contributed by atoms with Crippen LogP contribution in [0.25, 0.3) is 6.08 Å². The third-order valence-electron chi connectivity index (χ3n) is 4.13. The van der Waals surface area contributed by atoms with Crippen molar-refractivity contribution in [3.63, 3.8) is 0 Å². The molecule has 0 saturated carbocycles. The number of hydrogen-bond donors (Lipinski definition) is 2. The number of nitrogens with one attached hydrogen (secondary N) is 1. The van der Waals surface area contributed by atoms with Crippen molar-refractivity contribution >= 4 is 23.9 Å². The summed E-state index contributed by atoms with van der Waals surface area (Å²) in [6.07, 6.45) is 1.46. The molecule has 2 aliphatic rings. The zero-order valence-corrected chi connectivity index (χ0v) is 14.2. The van der Waals surface area contributed by atoms with Crippen LogP contribution in [0.1, 0.15) is 5.56 Å². The molecule has 0 aliphatic carbocycles. The van der Waals surface area contributed by atoms with E-state index in [9.17, 15) is 19.5 Å². The highest BCUT2D eigenvalue weighted by atomic mass is 16.5. The molecule has 0 bridgehead atoms. The highest BCUT2D eigenvalue weighted by molar-refractivity contribution is 6.15. The Morgan fingerprint density at radius 3 is 2.77 bits per heavy atom. The molecule has 3 rings (SSSR count). The molecule has 2 fully saturated rings. The van der Waals surface area contributed by atoms with Gasteiger partial charge in [-0.1, -0.05) is 6.07 Å². The van der Waals surface area contributed by atoms with Gasteiger partial charge >= 0.3 is 6.03 Å². The quantitative estimate of drug-likeness (QED) is 0.584. The van der Waals surface area contributed by atoms with Gasteiger partial charge in [-0.2, -0.15) is 0 Å². The molecular formula is C17H19N3O6. The van der Waals surface area contributed by atoms with E-state index in [0.717, 1.165) is 4.90 Å². The third kappa shape index (κ3) is 3.62. The fourth-order valence-electron chi connectivity index (χ4n) is 2.71. The molecule has 2 saturated heterocycles. The lowest BCUT2D eigenvalue weighted by molar-refractivity contribution is -0.139. The van der Waals surface area contributed by atoms with E-state index in [0.29, 0.717) is 31.9 Å². The first-order chi connectivity index (χ1) is 12.5. The number of aromatic hydroxyl groups is 1. The van der Waals surface area contributed by atoms with Gasteiger partial charge in [0.2, 0.25) is 5.91 Å². The van der Waals surface area contributed by atoms with E-state index in [1.165, 1.54) is 25.3 Å². The predicted molar refractivity (Wildman–Crippen MR) is 90.3 cm³/mol. The van der Waals surface area contributed by atoms with Crippen LogP contribution in [0.4, 0.5) is 4.79 Å². The first-order valence-corrected chi connectivity index (χ1v) is 8.06. The maximum Gasteiger partial charge on any atom is 0.329 e. The largest absolute Gasteiger partial charge is 0.504 e. The lowest BCUT2D eigenvalue weighted by atomic mass is 10.1. The summed E-state index contributed by atoms with van der Waals surface area (Å²) in [5.41, 5.74) is 0.613. The number of morpholine rings is 1. The Bertz CT molecular complexity index is 770. The van der Waals surface area contributed by atoms with Gasteiger partial charge in [0.25, 0.3) is 5.91 Å². The fourth-order valence-corrected chi connectivity index (χ4v) is 2.71. The summed E-state index contributed by atoms with van der Waals surface area (Å²) < 4.78 is 10.2. The molecule has 0 unspecified atom stereocenters. The van der Waals surface area contributed by atoms with Crippen LogP contribution in [0.3, 0.4) is 0 Å². The van der Waals surface area contributed by atoms with Crippen LogP contribution in [-0.2, 0) is 14.3 Å². The second-order valence-corrected chi connectivity index (χ2v) is 5.80. The average molecular weight is 361 g/mol. The number of urea groups is 1. The number of amides is 4. The van der Waals surface area contributed by atoms with Crippen LogP contribution in [0, 0.1) is 0 Å². The number of benzene rings is 1. The van der Waals surface area contributed by atoms with Gasteiger partial charge in [0.15, 0.2) is 11.5 Å². The lowest BCUT2D eigenvalue weighted by Gasteiger charge is -2.27. The Balaban J connectivity index is 1.73. The third-order valence-corrected chi connectivity index (χ3v) is 4.13. The minimum absolute atomic E-state index is 0.0332. The summed E-state index contributed by atoms with van der Waals surface area (Å²) in [7, 11) is 1.41. The molecule has 1 aromatic carbocycles. The van der Waals surface area contributed by atoms with E-state index in [1.54, 1.807) is 11.0 Å². The van der Waals surface area contributed by atoms with Crippen LogP contribution in [0.15, 0.2) is 23.9 Å². The Morgan fingerprint density at radius 1 is 1.35 bits per heavy atom. The summed E-state index contributed by atoms with van der Waals surface area (Å²) in [6.45, 7) is 1.46. The van der Waals surface area contributed by atoms with Crippen molar-refractivity contribution in [2.45, 2.75) is 0 Å². The summed E-state index contributed by atoms with van der Waals surface area (Å²) in [5.74, 6) is -0.669. The Morgan fingerprint density at radius 2 is 2.08 bits per heavy atom. The molecule has 0 spiro atoms. The number of carbonyl (C=O) groups excluding carboxylic acids is 3. The first-order valence-electron chi connectivity index (χ1n) is 8.06. The molecule has 0 radical (unpaired) electrons. The van der Waals surface area contributed by atoms with E-state index < -0.39 is 11.9 Å². The first kappa shape index (κ1) is 17.7. The molecule has 0 atom stereocenters. The van der Waals surface area contributed by atoms with Crippen molar-refractivity contribution in [3.8, 4) is 11.5 Å². The Kier molecular flexibility index (Phi) is 5.08. The van der Waals surface area contributed by atoms with E-state index in [1.807, 2.05) is 0 Å². The van der Waals surface area contributed by atoms with Gasteiger partial charge in [0, 0.05) is 13.1 Å². The molecule has 26 heavy (non-hydrogen) atoms. The van der Waals surface area contributed by atoms with Crippen LogP contribution < -0.4 is 10.1 Å². The molecule has 2 heterocycles. The van der Waals surface area contributed by atoms with Crippen molar-refractivity contribution in [1.29, 1.82) is 0 Å². The van der Waals surface area contributed by atoms with Crippen LogP contribution in [0.2, 0.25) is 0 Å². The van der Waals surface area contributed by atoms with Crippen LogP contribution in [-0.4, -0.2) is 72.7 Å². The predicted octanol–water partition coefficient (Wildman–Crippen LogP) is 0.152. The molecule has 2 aliphatic heterocycles. The molecule has 9 heteroatoms. The highest BCUT2D eigenvalue weighted by Gasteiger charge is 2.36. The van der Waals surface area contributed by atoms with Gasteiger partial charge in [-0.25, -0.2) is 9.69 Å². The highest BCUT2D eigenvalue weighted by Crippen LogP contribution is 2.27. The zero-order valence-electron chi connectivity index (χ0n) is 14.2. The number of phenolic OH excluding ortho intramolecular Hbond substituents is 1. The van der Waals surface area contributed by atoms with Crippen molar-refractivity contribution in [2.24, 2.45) is 0 Å². The summed E-state index contributed by atoms with van der Waals surface area (Å²) in [4.78, 5) is 39.2. The standard InChI is InChI=1S/C17H19N3O6/c1-25-14-9-11(2-3-13(14)21)8-12-16(23)20(17(24)18-12)10-15(22)19-4-6-26-7-5-19/h2-3,8-9,21H,4-7,10H2,1H3,(H,18,24)/b12-8-. The van der Waals surface area contributed by atoms with Gasteiger partial charge in [0.1, 0.15) is 12.2 Å². The maximum absolute atomic E-state index is 12.5. The number of imide groups is 1. The molecule has 0 aromatic heterocycles. The molecule has 4 amide bonds. The van der Waals surface area contributed by atoms with E-state index in [2.05, 4.69) is 5.32 Å². The molecule has 1 aromatic rings. The van der Waals surface area contributed by atoms with E-state index in [-0.39, 0.29) is 29.6 Å². The monoisotopic (exact) mass is 361 g/mol. The molecular weight excluding hydrogens is 342 g/mol. The number of rotatable bonds is 4. The van der Waals surface area contributed by atoms with Gasteiger partial charge in [0.05, 0.1) is 20.3 Å². The van der Waals surface area contributed by atoms with Gasteiger partial charge in [-0.05, 0) is 23.8 Å². The number of carbonyl (C=O) groups is 3. The molecule has 138 valence electrons. The minimum atomic E-state index is -0.645. The summed E-state index contributed by atoms with van der Waals surface area (Å²) >= 11 is 0. The number of hydrogen-bond acceptors (Lipinski definition) is 6. The van der Waals surface area contributed by atoms with E-state index >= 15 is 0 Å². The Labute approximate surface area is 149 Å². The average Bonchev–Trinajstić information content (AvgIpc) is 2.91. The summed E-state index contributed by atoms with van der Waals surface area (Å²) in [6, 6.07) is 3.88. The smallest absolute Gasteiger partial charge is 0.329 e. The SMILES string of the molecule is COc1cc(/C=C2\NC(=O)N(CC(=O)N3CCOCC3)C2=O)ccc1O. The van der Waals surface area contributed by atoms with Gasteiger partial charge < -0.3 is 24.8 Å². The zero-order chi connectivity index (χ0) is 18.7. The number of methoxy groups -OCH3 is 1. The normalized spacial score (nSPS) is 19.0. The topological polar surface area (TPSA) is 108 Å². The lowest BCUT2D eigenvalue weighted by Crippen LogP contribution is -2.47. The van der Waals surface area contributed by atoms with E-state index in [4.69, 9.17) is 9.47 Å². The second-order valence-electron chi connectivity index (χ2n) is 5.80. The van der Waals surface area contributed by atoms with Gasteiger partial charge in [-0.3, -0.25) is 9.59 Å². The number of nitrogens with zero attached hydrogens (tertiary/aromatic N) is 2. The Hall–Kier alpha value is -3.07. The number of phenols is 1. The van der Waals surface area contributed by atoms with Gasteiger partial charge in [-0.15, -0.1) is 0 Å². The van der Waals surface area contributed by atoms with Crippen LogP contribution >= 0.6 is 0 Å². The second kappa shape index (κ2) is 7.44. The van der Waals surface area contributed by atoms with Crippen molar-refractivity contribution in [1.82, 2.24) is 15.1 Å². The molecule has 2 N–H and O–H groups in total. The maximum atomic E-state index is 12.5. The number of ether oxygens (including phenoxy) is 2. The minimum Gasteiger partial charge on any atom is -0.504 e.